The van der Waals surface area contributed by atoms with Gasteiger partial charge in [0.05, 0.1) is 17.2 Å². The molecule has 3 rings (SSSR count). The maximum atomic E-state index is 12.9. The van der Waals surface area contributed by atoms with Gasteiger partial charge in [-0.15, -0.1) is 0 Å². The fourth-order valence-electron chi connectivity index (χ4n) is 2.38. The molecule has 10 heteroatoms. The molecule has 1 aliphatic rings. The third-order valence-corrected chi connectivity index (χ3v) is 7.14. The molecule has 0 bridgehead atoms. The van der Waals surface area contributed by atoms with Gasteiger partial charge in [0.1, 0.15) is 21.0 Å². The number of hydrogen-bond donors (Lipinski definition) is 2. The molecule has 2 heterocycles. The molecule has 7 nitrogen and oxygen atoms in total. The van der Waals surface area contributed by atoms with E-state index in [4.69, 9.17) is 22.1 Å². The number of aromatic nitrogens is 2. The van der Waals surface area contributed by atoms with Gasteiger partial charge in [-0.3, -0.25) is 5.73 Å². The summed E-state index contributed by atoms with van der Waals surface area (Å²) in [4.78, 5) is 7.13. The first-order chi connectivity index (χ1) is 12.2. The standard InChI is InChI=1S/C16H17ClN4O3S2/c1-3-24-11-5-4-6-12(7-11)26(22,23)15-9-19-16(18,25-15)13-8-14(17)21-10(2)20-13/h4-9,19H,3,18H2,1-2H3. The monoisotopic (exact) mass is 412 g/mol. The summed E-state index contributed by atoms with van der Waals surface area (Å²) in [5.41, 5.74) is 6.72. The van der Waals surface area contributed by atoms with Crippen LogP contribution in [0.2, 0.25) is 5.15 Å². The number of hydrogen-bond acceptors (Lipinski definition) is 8. The second kappa shape index (κ2) is 7.07. The lowest BCUT2D eigenvalue weighted by Gasteiger charge is -2.23. The van der Waals surface area contributed by atoms with E-state index in [0.29, 0.717) is 23.9 Å². The van der Waals surface area contributed by atoms with Crippen molar-refractivity contribution in [1.82, 2.24) is 15.3 Å². The molecule has 26 heavy (non-hydrogen) atoms. The Kier molecular flexibility index (Phi) is 5.16. The van der Waals surface area contributed by atoms with Crippen molar-refractivity contribution >= 4 is 33.2 Å². The molecule has 0 saturated heterocycles. The van der Waals surface area contributed by atoms with Crippen molar-refractivity contribution < 1.29 is 13.2 Å². The van der Waals surface area contributed by atoms with Crippen LogP contribution in [0.15, 0.2) is 45.7 Å². The van der Waals surface area contributed by atoms with Crippen molar-refractivity contribution in [3.8, 4) is 5.75 Å². The maximum Gasteiger partial charge on any atom is 0.214 e. The fraction of sp³-hybridized carbons (Fsp3) is 0.250. The Morgan fingerprint density at radius 2 is 2.12 bits per heavy atom. The van der Waals surface area contributed by atoms with Crippen LogP contribution in [0.1, 0.15) is 18.4 Å². The molecule has 1 aromatic carbocycles. The van der Waals surface area contributed by atoms with E-state index < -0.39 is 14.8 Å². The van der Waals surface area contributed by atoms with Gasteiger partial charge in [0.25, 0.3) is 0 Å². The van der Waals surface area contributed by atoms with E-state index in [0.717, 1.165) is 11.8 Å². The SMILES string of the molecule is CCOc1cccc(S(=O)(=O)C2=CNC(N)(c3cc(Cl)nc(C)n3)S2)c1. The van der Waals surface area contributed by atoms with E-state index in [9.17, 15) is 8.42 Å². The summed E-state index contributed by atoms with van der Waals surface area (Å²) in [5, 5.41) is 3.13. The van der Waals surface area contributed by atoms with Gasteiger partial charge < -0.3 is 10.1 Å². The molecule has 1 unspecified atom stereocenters. The highest BCUT2D eigenvalue weighted by Gasteiger charge is 2.40. The van der Waals surface area contributed by atoms with E-state index in [1.165, 1.54) is 24.4 Å². The number of aryl methyl sites for hydroxylation is 1. The van der Waals surface area contributed by atoms with Crippen LogP contribution in [0.3, 0.4) is 0 Å². The second-order valence-electron chi connectivity index (χ2n) is 5.48. The molecule has 1 aliphatic heterocycles. The predicted octanol–water partition coefficient (Wildman–Crippen LogP) is 2.52. The van der Waals surface area contributed by atoms with Gasteiger partial charge in [-0.1, -0.05) is 29.4 Å². The number of halogens is 1. The predicted molar refractivity (Wildman–Crippen MR) is 101 cm³/mol. The Labute approximate surface area is 160 Å². The summed E-state index contributed by atoms with van der Waals surface area (Å²) in [6.45, 7) is 3.96. The summed E-state index contributed by atoms with van der Waals surface area (Å²) >= 11 is 6.92. The topological polar surface area (TPSA) is 107 Å². The summed E-state index contributed by atoms with van der Waals surface area (Å²) in [7, 11) is -3.75. The normalized spacial score (nSPS) is 19.8. The van der Waals surface area contributed by atoms with Gasteiger partial charge >= 0.3 is 0 Å². The van der Waals surface area contributed by atoms with Gasteiger partial charge in [0, 0.05) is 12.3 Å². The zero-order chi connectivity index (χ0) is 18.9. The molecule has 138 valence electrons. The van der Waals surface area contributed by atoms with Crippen LogP contribution in [0.4, 0.5) is 0 Å². The summed E-state index contributed by atoms with van der Waals surface area (Å²) in [6, 6.07) is 7.85. The number of benzene rings is 1. The van der Waals surface area contributed by atoms with Crippen LogP contribution >= 0.6 is 23.4 Å². The van der Waals surface area contributed by atoms with Gasteiger partial charge in [0.15, 0.2) is 4.99 Å². The van der Waals surface area contributed by atoms with Gasteiger partial charge in [0.2, 0.25) is 9.84 Å². The highest BCUT2D eigenvalue weighted by molar-refractivity contribution is 8.19. The molecule has 0 radical (unpaired) electrons. The van der Waals surface area contributed by atoms with Crippen LogP contribution < -0.4 is 15.8 Å². The maximum absolute atomic E-state index is 12.9. The quantitative estimate of drug-likeness (QED) is 0.721. The summed E-state index contributed by atoms with van der Waals surface area (Å²) < 4.78 is 31.4. The minimum atomic E-state index is -3.75. The van der Waals surface area contributed by atoms with Gasteiger partial charge in [-0.2, -0.15) is 0 Å². The zero-order valence-corrected chi connectivity index (χ0v) is 16.5. The largest absolute Gasteiger partial charge is 0.494 e. The lowest BCUT2D eigenvalue weighted by molar-refractivity contribution is 0.339. The fourth-order valence-corrected chi connectivity index (χ4v) is 5.46. The van der Waals surface area contributed by atoms with Crippen molar-refractivity contribution in [1.29, 1.82) is 0 Å². The number of ether oxygens (including phenoxy) is 1. The Balaban J connectivity index is 1.90. The average Bonchev–Trinajstić information content (AvgIpc) is 2.99. The number of nitrogens with one attached hydrogen (secondary N) is 1. The van der Waals surface area contributed by atoms with E-state index in [1.54, 1.807) is 19.1 Å². The second-order valence-corrected chi connectivity index (χ2v) is 9.33. The molecule has 3 N–H and O–H groups in total. The van der Waals surface area contributed by atoms with E-state index >= 15 is 0 Å². The number of nitrogens with two attached hydrogens (primary N) is 1. The third-order valence-electron chi connectivity index (χ3n) is 3.54. The Bertz CT molecular complexity index is 961. The lowest BCUT2D eigenvalue weighted by atomic mass is 10.3. The first-order valence-corrected chi connectivity index (χ1v) is 10.4. The number of rotatable bonds is 5. The van der Waals surface area contributed by atoms with Crippen molar-refractivity contribution in [2.24, 2.45) is 5.73 Å². The molecule has 1 aromatic heterocycles. The molecule has 2 aromatic rings. The Hall–Kier alpha value is -1.81. The Morgan fingerprint density at radius 1 is 1.35 bits per heavy atom. The molecule has 0 amide bonds. The van der Waals surface area contributed by atoms with Crippen LogP contribution in [-0.2, 0) is 14.8 Å². The van der Waals surface area contributed by atoms with Crippen LogP contribution in [0.25, 0.3) is 0 Å². The molecule has 0 saturated carbocycles. The lowest BCUT2D eigenvalue weighted by Crippen LogP contribution is -2.43. The first kappa shape index (κ1) is 19.0. The number of thioether (sulfide) groups is 1. The average molecular weight is 413 g/mol. The van der Waals surface area contributed by atoms with E-state index in [-0.39, 0.29) is 14.3 Å². The number of nitrogens with zero attached hydrogens (tertiary/aromatic N) is 2. The van der Waals surface area contributed by atoms with Crippen LogP contribution in [0, 0.1) is 6.92 Å². The smallest absolute Gasteiger partial charge is 0.214 e. The molecule has 1 atom stereocenters. The van der Waals surface area contributed by atoms with Crippen molar-refractivity contribution in [2.75, 3.05) is 6.61 Å². The highest BCUT2D eigenvalue weighted by atomic mass is 35.5. The minimum absolute atomic E-state index is 0.0843. The first-order valence-electron chi connectivity index (χ1n) is 7.70. The molecule has 0 spiro atoms. The molecule has 0 aliphatic carbocycles. The molecular weight excluding hydrogens is 396 g/mol. The third kappa shape index (κ3) is 3.66. The number of sulfone groups is 1. The Morgan fingerprint density at radius 3 is 2.81 bits per heavy atom. The summed E-state index contributed by atoms with van der Waals surface area (Å²) in [5.74, 6) is 0.933. The van der Waals surface area contributed by atoms with Gasteiger partial charge in [-0.05, 0) is 32.0 Å². The van der Waals surface area contributed by atoms with Crippen LogP contribution in [0.5, 0.6) is 5.75 Å². The van der Waals surface area contributed by atoms with E-state index in [1.807, 2.05) is 6.92 Å². The molecule has 0 fully saturated rings. The summed E-state index contributed by atoms with van der Waals surface area (Å²) in [6.07, 6.45) is 1.37. The molecular formula is C16H17ClN4O3S2. The van der Waals surface area contributed by atoms with E-state index in [2.05, 4.69) is 15.3 Å². The zero-order valence-electron chi connectivity index (χ0n) is 14.1. The van der Waals surface area contributed by atoms with Gasteiger partial charge in [-0.25, -0.2) is 18.4 Å². The van der Waals surface area contributed by atoms with Crippen molar-refractivity contribution in [3.05, 3.63) is 57.4 Å². The van der Waals surface area contributed by atoms with Crippen molar-refractivity contribution in [3.63, 3.8) is 0 Å². The van der Waals surface area contributed by atoms with Crippen molar-refractivity contribution in [2.45, 2.75) is 23.7 Å². The van der Waals surface area contributed by atoms with Crippen LogP contribution in [-0.4, -0.2) is 25.0 Å². The highest BCUT2D eigenvalue weighted by Crippen LogP contribution is 2.43. The minimum Gasteiger partial charge on any atom is -0.494 e.